The topological polar surface area (TPSA) is 37.8 Å². The van der Waals surface area contributed by atoms with Gasteiger partial charge in [0, 0.05) is 11.1 Å². The van der Waals surface area contributed by atoms with Crippen LogP contribution in [-0.4, -0.2) is 9.97 Å². The number of nitrogens with one attached hydrogen (secondary N) is 1. The molecule has 0 saturated heterocycles. The molecule has 3 nitrogen and oxygen atoms in total. The molecule has 5 heteroatoms. The molecule has 1 N–H and O–H groups in total. The van der Waals surface area contributed by atoms with E-state index in [1.807, 2.05) is 29.9 Å². The van der Waals surface area contributed by atoms with E-state index in [1.165, 1.54) is 4.88 Å². The molecular formula is C9H8BrN3S. The lowest BCUT2D eigenvalue weighted by Crippen LogP contribution is -1.99. The summed E-state index contributed by atoms with van der Waals surface area (Å²) >= 11 is 4.95. The van der Waals surface area contributed by atoms with Crippen molar-refractivity contribution in [2.75, 3.05) is 5.32 Å². The van der Waals surface area contributed by atoms with E-state index < -0.39 is 0 Å². The Labute approximate surface area is 94.4 Å². The maximum atomic E-state index is 4.26. The van der Waals surface area contributed by atoms with Gasteiger partial charge in [0.05, 0.1) is 12.1 Å². The SMILES string of the molecule is Brc1cccc(NCc2cncs2)n1. The smallest absolute Gasteiger partial charge is 0.127 e. The molecular weight excluding hydrogens is 262 g/mol. The summed E-state index contributed by atoms with van der Waals surface area (Å²) in [6.07, 6.45) is 1.86. The van der Waals surface area contributed by atoms with Gasteiger partial charge in [0.2, 0.25) is 0 Å². The van der Waals surface area contributed by atoms with Gasteiger partial charge in [-0.3, -0.25) is 4.98 Å². The van der Waals surface area contributed by atoms with Crippen LogP contribution in [0.25, 0.3) is 0 Å². The van der Waals surface area contributed by atoms with Crippen molar-refractivity contribution in [2.45, 2.75) is 6.54 Å². The summed E-state index contributed by atoms with van der Waals surface area (Å²) in [4.78, 5) is 9.46. The van der Waals surface area contributed by atoms with Crippen LogP contribution in [0.15, 0.2) is 34.5 Å². The van der Waals surface area contributed by atoms with E-state index >= 15 is 0 Å². The minimum atomic E-state index is 0.772. The molecule has 0 fully saturated rings. The molecule has 2 rings (SSSR count). The molecule has 0 unspecified atom stereocenters. The summed E-state index contributed by atoms with van der Waals surface area (Å²) < 4.78 is 0.840. The van der Waals surface area contributed by atoms with Crippen LogP contribution in [0.4, 0.5) is 5.82 Å². The number of nitrogens with zero attached hydrogens (tertiary/aromatic N) is 2. The fraction of sp³-hybridized carbons (Fsp3) is 0.111. The zero-order valence-electron chi connectivity index (χ0n) is 7.27. The standard InChI is InChI=1S/C9H8BrN3S/c10-8-2-1-3-9(13-8)12-5-7-4-11-6-14-7/h1-4,6H,5H2,(H,12,13). The number of hydrogen-bond acceptors (Lipinski definition) is 4. The average Bonchev–Trinajstić information content (AvgIpc) is 2.67. The first-order chi connectivity index (χ1) is 6.84. The lowest BCUT2D eigenvalue weighted by Gasteiger charge is -2.02. The van der Waals surface area contributed by atoms with E-state index in [2.05, 4.69) is 31.2 Å². The van der Waals surface area contributed by atoms with Crippen molar-refractivity contribution in [3.63, 3.8) is 0 Å². The molecule has 2 heterocycles. The summed E-state index contributed by atoms with van der Waals surface area (Å²) in [7, 11) is 0. The number of anilines is 1. The quantitative estimate of drug-likeness (QED) is 0.871. The molecule has 0 aliphatic carbocycles. The van der Waals surface area contributed by atoms with Gasteiger partial charge in [-0.2, -0.15) is 0 Å². The molecule has 2 aromatic heterocycles. The van der Waals surface area contributed by atoms with Gasteiger partial charge in [0.1, 0.15) is 10.4 Å². The van der Waals surface area contributed by atoms with Crippen molar-refractivity contribution < 1.29 is 0 Å². The van der Waals surface area contributed by atoms with Crippen molar-refractivity contribution >= 4 is 33.1 Å². The molecule has 72 valence electrons. The van der Waals surface area contributed by atoms with E-state index in [0.717, 1.165) is 17.0 Å². The molecule has 0 saturated carbocycles. The van der Waals surface area contributed by atoms with Gasteiger partial charge in [-0.1, -0.05) is 6.07 Å². The highest BCUT2D eigenvalue weighted by atomic mass is 79.9. The van der Waals surface area contributed by atoms with E-state index in [-0.39, 0.29) is 0 Å². The average molecular weight is 270 g/mol. The third-order valence-corrected chi connectivity index (χ3v) is 2.86. The molecule has 0 radical (unpaired) electrons. The molecule has 14 heavy (non-hydrogen) atoms. The highest BCUT2D eigenvalue weighted by molar-refractivity contribution is 9.10. The summed E-state index contributed by atoms with van der Waals surface area (Å²) in [6.45, 7) is 0.772. The third kappa shape index (κ3) is 2.52. The van der Waals surface area contributed by atoms with E-state index in [9.17, 15) is 0 Å². The van der Waals surface area contributed by atoms with Crippen LogP contribution in [-0.2, 0) is 6.54 Å². The van der Waals surface area contributed by atoms with Gasteiger partial charge in [0.15, 0.2) is 0 Å². The summed E-state index contributed by atoms with van der Waals surface area (Å²) in [5.74, 6) is 0.868. The van der Waals surface area contributed by atoms with E-state index in [1.54, 1.807) is 11.3 Å². The maximum absolute atomic E-state index is 4.26. The highest BCUT2D eigenvalue weighted by Gasteiger charge is 1.96. The van der Waals surface area contributed by atoms with Gasteiger partial charge in [-0.15, -0.1) is 11.3 Å². The predicted octanol–water partition coefficient (Wildman–Crippen LogP) is 2.91. The summed E-state index contributed by atoms with van der Waals surface area (Å²) in [5.41, 5.74) is 1.82. The van der Waals surface area contributed by atoms with Crippen molar-refractivity contribution in [3.05, 3.63) is 39.4 Å². The maximum Gasteiger partial charge on any atom is 0.127 e. The Morgan fingerprint density at radius 1 is 1.43 bits per heavy atom. The van der Waals surface area contributed by atoms with Crippen molar-refractivity contribution in [1.82, 2.24) is 9.97 Å². The summed E-state index contributed by atoms with van der Waals surface area (Å²) in [6, 6.07) is 5.79. The van der Waals surface area contributed by atoms with Gasteiger partial charge in [-0.25, -0.2) is 4.98 Å². The van der Waals surface area contributed by atoms with Crippen molar-refractivity contribution in [1.29, 1.82) is 0 Å². The Kier molecular flexibility index (Phi) is 3.10. The number of thiazole rings is 1. The number of rotatable bonds is 3. The first-order valence-electron chi connectivity index (χ1n) is 4.08. The van der Waals surface area contributed by atoms with Crippen LogP contribution in [0.3, 0.4) is 0 Å². The van der Waals surface area contributed by atoms with Crippen molar-refractivity contribution in [2.24, 2.45) is 0 Å². The Morgan fingerprint density at radius 3 is 3.07 bits per heavy atom. The predicted molar refractivity (Wildman–Crippen MR) is 61.4 cm³/mol. The first-order valence-corrected chi connectivity index (χ1v) is 5.75. The number of pyridine rings is 1. The lowest BCUT2D eigenvalue weighted by atomic mass is 10.4. The largest absolute Gasteiger partial charge is 0.365 e. The van der Waals surface area contributed by atoms with E-state index in [0.29, 0.717) is 0 Å². The van der Waals surface area contributed by atoms with E-state index in [4.69, 9.17) is 0 Å². The molecule has 2 aromatic rings. The van der Waals surface area contributed by atoms with Crippen LogP contribution in [0, 0.1) is 0 Å². The molecule has 0 atom stereocenters. The van der Waals surface area contributed by atoms with Crippen LogP contribution >= 0.6 is 27.3 Å². The number of hydrogen-bond donors (Lipinski definition) is 1. The van der Waals surface area contributed by atoms with Crippen LogP contribution < -0.4 is 5.32 Å². The van der Waals surface area contributed by atoms with Gasteiger partial charge in [0.25, 0.3) is 0 Å². The molecule has 0 spiro atoms. The first kappa shape index (κ1) is 9.61. The Morgan fingerprint density at radius 2 is 2.36 bits per heavy atom. The molecule has 0 amide bonds. The molecule has 0 aromatic carbocycles. The molecule has 0 aliphatic rings. The van der Waals surface area contributed by atoms with Crippen LogP contribution in [0.2, 0.25) is 0 Å². The Bertz CT molecular complexity index is 402. The van der Waals surface area contributed by atoms with Gasteiger partial charge < -0.3 is 5.32 Å². The van der Waals surface area contributed by atoms with Gasteiger partial charge >= 0.3 is 0 Å². The highest BCUT2D eigenvalue weighted by Crippen LogP contribution is 2.12. The van der Waals surface area contributed by atoms with Crippen LogP contribution in [0.5, 0.6) is 0 Å². The second-order valence-corrected chi connectivity index (χ2v) is 4.45. The zero-order chi connectivity index (χ0) is 9.80. The van der Waals surface area contributed by atoms with Gasteiger partial charge in [-0.05, 0) is 28.1 Å². The monoisotopic (exact) mass is 269 g/mol. The zero-order valence-corrected chi connectivity index (χ0v) is 9.68. The third-order valence-electron chi connectivity index (χ3n) is 1.64. The number of halogens is 1. The molecule has 0 aliphatic heterocycles. The second-order valence-electron chi connectivity index (χ2n) is 2.67. The van der Waals surface area contributed by atoms with Crippen LogP contribution in [0.1, 0.15) is 4.88 Å². The normalized spacial score (nSPS) is 10.1. The fourth-order valence-corrected chi connectivity index (χ4v) is 1.89. The minimum absolute atomic E-state index is 0.772. The molecule has 0 bridgehead atoms. The lowest BCUT2D eigenvalue weighted by molar-refractivity contribution is 1.12. The van der Waals surface area contributed by atoms with Crippen molar-refractivity contribution in [3.8, 4) is 0 Å². The minimum Gasteiger partial charge on any atom is -0.365 e. The summed E-state index contributed by atoms with van der Waals surface area (Å²) in [5, 5.41) is 3.22. The second kappa shape index (κ2) is 4.52. The Hall–Kier alpha value is -0.940. The Balaban J connectivity index is 1.98. The fourth-order valence-electron chi connectivity index (χ4n) is 1.01. The number of aromatic nitrogens is 2.